The molecule has 1 saturated heterocycles. The average molecular weight is 374 g/mol. The number of hydrogen-bond donors (Lipinski definition) is 1. The number of aryl methyl sites for hydroxylation is 1. The number of esters is 1. The molecule has 3 amide bonds. The van der Waals surface area contributed by atoms with Crippen LogP contribution >= 0.6 is 0 Å². The first-order chi connectivity index (χ1) is 12.9. The van der Waals surface area contributed by atoms with Crippen LogP contribution in [0.3, 0.4) is 0 Å². The van der Waals surface area contributed by atoms with Gasteiger partial charge >= 0.3 is 12.0 Å². The number of imide groups is 1. The number of nitrogens with zero attached hydrogens (tertiary/aromatic N) is 3. The molecular weight excluding hydrogens is 352 g/mol. The van der Waals surface area contributed by atoms with Gasteiger partial charge in [-0.2, -0.15) is 5.26 Å². The van der Waals surface area contributed by atoms with Crippen molar-refractivity contribution in [3.63, 3.8) is 0 Å². The summed E-state index contributed by atoms with van der Waals surface area (Å²) >= 11 is 0. The van der Waals surface area contributed by atoms with Crippen LogP contribution in [0.25, 0.3) is 6.08 Å². The summed E-state index contributed by atoms with van der Waals surface area (Å²) in [6.07, 6.45) is 1.43. The van der Waals surface area contributed by atoms with Crippen LogP contribution in [0.2, 0.25) is 0 Å². The lowest BCUT2D eigenvalue weighted by Crippen LogP contribution is -2.37. The first-order valence-corrected chi connectivity index (χ1v) is 8.41. The molecule has 1 aliphatic rings. The summed E-state index contributed by atoms with van der Waals surface area (Å²) < 4.78 is 12.0. The molecular formula is C18H22N4O5. The fraction of sp³-hybridized carbons (Fsp3) is 0.444. The second kappa shape index (κ2) is 9.00. The number of carbonyl (C=O) groups excluding carboxylic acids is 3. The second-order valence-electron chi connectivity index (χ2n) is 5.99. The summed E-state index contributed by atoms with van der Waals surface area (Å²) in [4.78, 5) is 36.4. The minimum atomic E-state index is -0.910. The van der Waals surface area contributed by atoms with Gasteiger partial charge < -0.3 is 19.4 Å². The lowest BCUT2D eigenvalue weighted by molar-refractivity contribution is -0.146. The SMILES string of the molecule is COCCn1c(C)cc(/C=C(\C#N)C(=O)OCC(=O)N2CCNC2=O)c1C. The van der Waals surface area contributed by atoms with Crippen molar-refractivity contribution in [3.05, 3.63) is 28.6 Å². The molecule has 0 aliphatic carbocycles. The lowest BCUT2D eigenvalue weighted by Gasteiger charge is -2.11. The van der Waals surface area contributed by atoms with E-state index in [1.165, 1.54) is 6.08 Å². The van der Waals surface area contributed by atoms with Crippen LogP contribution in [0.5, 0.6) is 0 Å². The Hall–Kier alpha value is -3.12. The van der Waals surface area contributed by atoms with Crippen LogP contribution in [0.15, 0.2) is 11.6 Å². The molecule has 9 nitrogen and oxygen atoms in total. The van der Waals surface area contributed by atoms with Crippen molar-refractivity contribution in [1.82, 2.24) is 14.8 Å². The summed E-state index contributed by atoms with van der Waals surface area (Å²) in [5, 5.41) is 11.8. The number of nitrogens with one attached hydrogen (secondary N) is 1. The van der Waals surface area contributed by atoms with Gasteiger partial charge in [0, 0.05) is 38.1 Å². The van der Waals surface area contributed by atoms with E-state index in [1.54, 1.807) is 13.2 Å². The van der Waals surface area contributed by atoms with E-state index in [4.69, 9.17) is 9.47 Å². The molecule has 0 radical (unpaired) electrons. The number of urea groups is 1. The molecule has 1 N–H and O–H groups in total. The van der Waals surface area contributed by atoms with Gasteiger partial charge in [0.25, 0.3) is 5.91 Å². The fourth-order valence-corrected chi connectivity index (χ4v) is 2.79. The third-order valence-corrected chi connectivity index (χ3v) is 4.26. The summed E-state index contributed by atoms with van der Waals surface area (Å²) in [6.45, 7) is 4.98. The van der Waals surface area contributed by atoms with Crippen molar-refractivity contribution in [2.24, 2.45) is 0 Å². The van der Waals surface area contributed by atoms with Crippen molar-refractivity contribution < 1.29 is 23.9 Å². The fourth-order valence-electron chi connectivity index (χ4n) is 2.79. The van der Waals surface area contributed by atoms with Crippen molar-refractivity contribution >= 4 is 24.0 Å². The molecule has 2 heterocycles. The quantitative estimate of drug-likeness (QED) is 0.428. The topological polar surface area (TPSA) is 114 Å². The Kier molecular flexibility index (Phi) is 6.73. The number of carbonyl (C=O) groups is 3. The summed E-state index contributed by atoms with van der Waals surface area (Å²) in [5.41, 5.74) is 2.34. The Morgan fingerprint density at radius 1 is 1.41 bits per heavy atom. The van der Waals surface area contributed by atoms with Crippen molar-refractivity contribution in [2.45, 2.75) is 20.4 Å². The molecule has 1 fully saturated rings. The molecule has 1 aromatic rings. The predicted octanol–water partition coefficient (Wildman–Crippen LogP) is 0.753. The number of amides is 3. The average Bonchev–Trinajstić information content (AvgIpc) is 3.19. The third-order valence-electron chi connectivity index (χ3n) is 4.26. The van der Waals surface area contributed by atoms with Crippen molar-refractivity contribution in [2.75, 3.05) is 33.4 Å². The zero-order valence-electron chi connectivity index (χ0n) is 15.6. The summed E-state index contributed by atoms with van der Waals surface area (Å²) in [5.74, 6) is -1.54. The highest BCUT2D eigenvalue weighted by atomic mass is 16.5. The standard InChI is InChI=1S/C18H22N4O5/c1-12-8-14(13(2)21(12)6-7-26-3)9-15(10-19)17(24)27-11-16(23)22-5-4-20-18(22)25/h8-9H,4-7,11H2,1-3H3,(H,20,25)/b15-9+. The van der Waals surface area contributed by atoms with Gasteiger partial charge in [0.15, 0.2) is 6.61 Å². The molecule has 0 bridgehead atoms. The van der Waals surface area contributed by atoms with Gasteiger partial charge in [-0.1, -0.05) is 0 Å². The van der Waals surface area contributed by atoms with E-state index < -0.39 is 24.5 Å². The van der Waals surface area contributed by atoms with Crippen LogP contribution in [0.4, 0.5) is 4.79 Å². The monoisotopic (exact) mass is 374 g/mol. The van der Waals surface area contributed by atoms with Crippen LogP contribution in [-0.2, 0) is 25.6 Å². The van der Waals surface area contributed by atoms with Crippen LogP contribution in [-0.4, -0.2) is 60.8 Å². The van der Waals surface area contributed by atoms with Gasteiger partial charge in [0.2, 0.25) is 0 Å². The van der Waals surface area contributed by atoms with E-state index in [1.807, 2.05) is 24.5 Å². The second-order valence-corrected chi connectivity index (χ2v) is 5.99. The molecule has 0 unspecified atom stereocenters. The number of ether oxygens (including phenoxy) is 2. The highest BCUT2D eigenvalue weighted by molar-refractivity contribution is 6.01. The lowest BCUT2D eigenvalue weighted by atomic mass is 10.1. The predicted molar refractivity (Wildman–Crippen MR) is 95.4 cm³/mol. The first kappa shape index (κ1) is 20.2. The first-order valence-electron chi connectivity index (χ1n) is 8.41. The molecule has 1 aliphatic heterocycles. The largest absolute Gasteiger partial charge is 0.451 e. The summed E-state index contributed by atoms with van der Waals surface area (Å²) in [6, 6.07) is 3.14. The highest BCUT2D eigenvalue weighted by Crippen LogP contribution is 2.18. The van der Waals surface area contributed by atoms with E-state index in [2.05, 4.69) is 5.32 Å². The normalized spacial score (nSPS) is 14.1. The minimum absolute atomic E-state index is 0.222. The zero-order chi connectivity index (χ0) is 20.0. The van der Waals surface area contributed by atoms with E-state index in [0.29, 0.717) is 25.3 Å². The highest BCUT2D eigenvalue weighted by Gasteiger charge is 2.27. The Morgan fingerprint density at radius 3 is 2.74 bits per heavy atom. The molecule has 27 heavy (non-hydrogen) atoms. The van der Waals surface area contributed by atoms with E-state index >= 15 is 0 Å². The van der Waals surface area contributed by atoms with Crippen LogP contribution < -0.4 is 5.32 Å². The Morgan fingerprint density at radius 2 is 2.15 bits per heavy atom. The number of aromatic nitrogens is 1. The van der Waals surface area contributed by atoms with Gasteiger partial charge in [-0.25, -0.2) is 9.59 Å². The van der Waals surface area contributed by atoms with Crippen molar-refractivity contribution in [1.29, 1.82) is 5.26 Å². The third kappa shape index (κ3) is 4.74. The van der Waals surface area contributed by atoms with Gasteiger partial charge in [0.1, 0.15) is 11.6 Å². The zero-order valence-corrected chi connectivity index (χ0v) is 15.6. The van der Waals surface area contributed by atoms with Crippen LogP contribution in [0, 0.1) is 25.2 Å². The molecule has 0 saturated carbocycles. The number of methoxy groups -OCH3 is 1. The van der Waals surface area contributed by atoms with Crippen molar-refractivity contribution in [3.8, 4) is 6.07 Å². The number of rotatable bonds is 7. The van der Waals surface area contributed by atoms with Crippen LogP contribution in [0.1, 0.15) is 17.0 Å². The van der Waals surface area contributed by atoms with Gasteiger partial charge in [0.05, 0.1) is 6.61 Å². The summed E-state index contributed by atoms with van der Waals surface area (Å²) in [7, 11) is 1.62. The minimum Gasteiger partial charge on any atom is -0.451 e. The number of hydrogen-bond acceptors (Lipinski definition) is 6. The molecule has 144 valence electrons. The van der Waals surface area contributed by atoms with Gasteiger partial charge in [-0.05, 0) is 31.6 Å². The van der Waals surface area contributed by atoms with E-state index in [0.717, 1.165) is 16.3 Å². The molecule has 9 heteroatoms. The Labute approximate surface area is 157 Å². The molecule has 2 rings (SSSR count). The van der Waals surface area contributed by atoms with E-state index in [-0.39, 0.29) is 12.1 Å². The smallest absolute Gasteiger partial charge is 0.349 e. The maximum atomic E-state index is 12.1. The van der Waals surface area contributed by atoms with E-state index in [9.17, 15) is 19.6 Å². The molecule has 1 aromatic heterocycles. The maximum absolute atomic E-state index is 12.1. The van der Waals surface area contributed by atoms with Gasteiger partial charge in [-0.3, -0.25) is 9.69 Å². The maximum Gasteiger partial charge on any atom is 0.349 e. The Balaban J connectivity index is 2.07. The molecule has 0 aromatic carbocycles. The molecule has 0 atom stereocenters. The van der Waals surface area contributed by atoms with Gasteiger partial charge in [-0.15, -0.1) is 0 Å². The number of nitriles is 1. The molecule has 0 spiro atoms. The Bertz CT molecular complexity index is 818.